The molecule has 5 rings (SSSR count). The smallest absolute Gasteiger partial charge is 0.254 e. The Hall–Kier alpha value is -4.33. The van der Waals surface area contributed by atoms with Crippen LogP contribution in [0.5, 0.6) is 0 Å². The van der Waals surface area contributed by atoms with Crippen LogP contribution in [0.3, 0.4) is 0 Å². The van der Waals surface area contributed by atoms with Gasteiger partial charge >= 0.3 is 0 Å². The predicted molar refractivity (Wildman–Crippen MR) is 131 cm³/mol. The minimum atomic E-state index is -0.307. The number of amides is 1. The molecule has 1 aliphatic heterocycles. The van der Waals surface area contributed by atoms with E-state index in [2.05, 4.69) is 25.4 Å². The largest absolute Gasteiger partial charge is 0.355 e. The SMILES string of the molecule is O=C(Cn1cnc(-c2ccccc2)cc1=O)Nc1ccc(-c2ccc(N3CCCC3)nn2)cc1. The van der Waals surface area contributed by atoms with Crippen molar-refractivity contribution in [3.05, 3.63) is 89.5 Å². The summed E-state index contributed by atoms with van der Waals surface area (Å²) in [5, 5.41) is 11.5. The van der Waals surface area contributed by atoms with Gasteiger partial charge in [-0.2, -0.15) is 0 Å². The fraction of sp³-hybridized carbons (Fsp3) is 0.192. The average molecular weight is 453 g/mol. The van der Waals surface area contributed by atoms with Crippen LogP contribution in [0.1, 0.15) is 12.8 Å². The van der Waals surface area contributed by atoms with Gasteiger partial charge in [-0.05, 0) is 37.1 Å². The molecule has 0 saturated carbocycles. The minimum absolute atomic E-state index is 0.119. The maximum Gasteiger partial charge on any atom is 0.254 e. The molecule has 4 aromatic rings. The number of hydrogen-bond donors (Lipinski definition) is 1. The van der Waals surface area contributed by atoms with E-state index in [0.29, 0.717) is 11.4 Å². The number of hydrogen-bond acceptors (Lipinski definition) is 6. The molecule has 8 nitrogen and oxygen atoms in total. The van der Waals surface area contributed by atoms with E-state index in [1.54, 1.807) is 0 Å². The number of rotatable bonds is 6. The lowest BCUT2D eigenvalue weighted by atomic mass is 10.1. The minimum Gasteiger partial charge on any atom is -0.355 e. The highest BCUT2D eigenvalue weighted by Gasteiger charge is 2.14. The molecule has 2 aromatic carbocycles. The molecular formula is C26H24N6O2. The number of nitrogens with one attached hydrogen (secondary N) is 1. The number of aromatic nitrogens is 4. The quantitative estimate of drug-likeness (QED) is 0.480. The number of carbonyl (C=O) groups excluding carboxylic acids is 1. The average Bonchev–Trinajstić information content (AvgIpc) is 3.42. The third-order valence-corrected chi connectivity index (χ3v) is 5.81. The van der Waals surface area contributed by atoms with Crippen LogP contribution in [0.25, 0.3) is 22.5 Å². The van der Waals surface area contributed by atoms with Gasteiger partial charge in [-0.15, -0.1) is 10.2 Å². The van der Waals surface area contributed by atoms with Crippen molar-refractivity contribution in [2.24, 2.45) is 0 Å². The Bertz CT molecular complexity index is 1330. The predicted octanol–water partition coefficient (Wildman–Crippen LogP) is 3.61. The van der Waals surface area contributed by atoms with E-state index in [9.17, 15) is 9.59 Å². The maximum absolute atomic E-state index is 12.5. The van der Waals surface area contributed by atoms with Gasteiger partial charge in [-0.1, -0.05) is 42.5 Å². The van der Waals surface area contributed by atoms with Crippen molar-refractivity contribution < 1.29 is 4.79 Å². The van der Waals surface area contributed by atoms with E-state index in [4.69, 9.17) is 0 Å². The normalized spacial score (nSPS) is 13.1. The van der Waals surface area contributed by atoms with Crippen molar-refractivity contribution in [2.75, 3.05) is 23.3 Å². The fourth-order valence-electron chi connectivity index (χ4n) is 3.99. The molecule has 34 heavy (non-hydrogen) atoms. The van der Waals surface area contributed by atoms with Gasteiger partial charge in [0.2, 0.25) is 5.91 Å². The molecule has 2 aromatic heterocycles. The molecule has 170 valence electrons. The second-order valence-electron chi connectivity index (χ2n) is 8.20. The van der Waals surface area contributed by atoms with Crippen LogP contribution < -0.4 is 15.8 Å². The summed E-state index contributed by atoms with van der Waals surface area (Å²) in [5.41, 5.74) is 3.47. The molecule has 1 aliphatic rings. The second-order valence-corrected chi connectivity index (χ2v) is 8.20. The summed E-state index contributed by atoms with van der Waals surface area (Å²) in [5.74, 6) is 0.602. The monoisotopic (exact) mass is 452 g/mol. The van der Waals surface area contributed by atoms with Crippen LogP contribution in [0.4, 0.5) is 11.5 Å². The first-order valence-corrected chi connectivity index (χ1v) is 11.3. The standard InChI is InChI=1S/C26H24N6O2/c33-25(17-32-18-27-23(16-26(32)34)19-6-2-1-3-7-19)28-21-10-8-20(9-11-21)22-12-13-24(30-29-22)31-14-4-5-15-31/h1-3,6-13,16,18H,4-5,14-15,17H2,(H,28,33). The van der Waals surface area contributed by atoms with Crippen molar-refractivity contribution in [3.63, 3.8) is 0 Å². The topological polar surface area (TPSA) is 93.0 Å². The molecule has 8 heteroatoms. The number of anilines is 2. The molecule has 0 bridgehead atoms. The molecule has 3 heterocycles. The van der Waals surface area contributed by atoms with Crippen molar-refractivity contribution >= 4 is 17.4 Å². The molecule has 1 N–H and O–H groups in total. The Labute approximate surface area is 196 Å². The Morgan fingerprint density at radius 1 is 0.853 bits per heavy atom. The first-order chi connectivity index (χ1) is 16.7. The molecule has 0 atom stereocenters. The van der Waals surface area contributed by atoms with E-state index in [1.807, 2.05) is 66.7 Å². The summed E-state index contributed by atoms with van der Waals surface area (Å²) in [6.45, 7) is 1.94. The zero-order valence-electron chi connectivity index (χ0n) is 18.6. The fourth-order valence-corrected chi connectivity index (χ4v) is 3.99. The van der Waals surface area contributed by atoms with E-state index in [1.165, 1.54) is 29.8 Å². The zero-order valence-corrected chi connectivity index (χ0v) is 18.6. The summed E-state index contributed by atoms with van der Waals surface area (Å²) < 4.78 is 1.29. The third kappa shape index (κ3) is 4.85. The summed E-state index contributed by atoms with van der Waals surface area (Å²) in [6.07, 6.45) is 3.79. The lowest BCUT2D eigenvalue weighted by molar-refractivity contribution is -0.116. The van der Waals surface area contributed by atoms with Crippen molar-refractivity contribution in [2.45, 2.75) is 19.4 Å². The van der Waals surface area contributed by atoms with Crippen LogP contribution in [0.2, 0.25) is 0 Å². The molecule has 1 saturated heterocycles. The van der Waals surface area contributed by atoms with Gasteiger partial charge in [-0.3, -0.25) is 14.2 Å². The molecular weight excluding hydrogens is 428 g/mol. The molecule has 0 aliphatic carbocycles. The van der Waals surface area contributed by atoms with Crippen LogP contribution in [0.15, 0.2) is 83.9 Å². The third-order valence-electron chi connectivity index (χ3n) is 5.81. The van der Waals surface area contributed by atoms with E-state index in [0.717, 1.165) is 35.7 Å². The van der Waals surface area contributed by atoms with Crippen LogP contribution in [0, 0.1) is 0 Å². The summed E-state index contributed by atoms with van der Waals surface area (Å²) in [4.78, 5) is 31.5. The molecule has 1 fully saturated rings. The van der Waals surface area contributed by atoms with Gasteiger partial charge in [0, 0.05) is 36.0 Å². The first kappa shape index (κ1) is 21.5. The highest BCUT2D eigenvalue weighted by Crippen LogP contribution is 2.22. The van der Waals surface area contributed by atoms with Crippen molar-refractivity contribution in [1.82, 2.24) is 19.7 Å². The molecule has 1 amide bonds. The summed E-state index contributed by atoms with van der Waals surface area (Å²) >= 11 is 0. The molecule has 0 radical (unpaired) electrons. The summed E-state index contributed by atoms with van der Waals surface area (Å²) in [6, 6.07) is 22.2. The number of benzene rings is 2. The van der Waals surface area contributed by atoms with E-state index >= 15 is 0 Å². The Morgan fingerprint density at radius 3 is 2.26 bits per heavy atom. The Kier molecular flexibility index (Phi) is 6.11. The van der Waals surface area contributed by atoms with E-state index in [-0.39, 0.29) is 18.0 Å². The number of carbonyl (C=O) groups is 1. The lowest BCUT2D eigenvalue weighted by Crippen LogP contribution is -2.27. The zero-order chi connectivity index (χ0) is 23.3. The summed E-state index contributed by atoms with van der Waals surface area (Å²) in [7, 11) is 0. The van der Waals surface area contributed by atoms with E-state index < -0.39 is 0 Å². The van der Waals surface area contributed by atoms with Crippen LogP contribution in [-0.2, 0) is 11.3 Å². The van der Waals surface area contributed by atoms with Crippen molar-refractivity contribution in [3.8, 4) is 22.5 Å². The molecule has 0 unspecified atom stereocenters. The van der Waals surface area contributed by atoms with Gasteiger partial charge in [0.15, 0.2) is 5.82 Å². The molecule has 0 spiro atoms. The highest BCUT2D eigenvalue weighted by atomic mass is 16.2. The first-order valence-electron chi connectivity index (χ1n) is 11.3. The highest BCUT2D eigenvalue weighted by molar-refractivity contribution is 5.90. The van der Waals surface area contributed by atoms with Gasteiger partial charge in [0.25, 0.3) is 5.56 Å². The van der Waals surface area contributed by atoms with Gasteiger partial charge in [0.1, 0.15) is 6.54 Å². The van der Waals surface area contributed by atoms with Gasteiger partial charge in [0.05, 0.1) is 17.7 Å². The number of nitrogens with zero attached hydrogens (tertiary/aromatic N) is 5. The van der Waals surface area contributed by atoms with Gasteiger partial charge in [-0.25, -0.2) is 4.98 Å². The van der Waals surface area contributed by atoms with Gasteiger partial charge < -0.3 is 10.2 Å². The Balaban J connectivity index is 1.21. The second kappa shape index (κ2) is 9.66. The van der Waals surface area contributed by atoms with Crippen LogP contribution >= 0.6 is 0 Å². The van der Waals surface area contributed by atoms with Crippen LogP contribution in [-0.4, -0.2) is 38.7 Å². The van der Waals surface area contributed by atoms with Crippen molar-refractivity contribution in [1.29, 1.82) is 0 Å². The Morgan fingerprint density at radius 2 is 1.59 bits per heavy atom. The maximum atomic E-state index is 12.5. The lowest BCUT2D eigenvalue weighted by Gasteiger charge is -2.15.